The summed E-state index contributed by atoms with van der Waals surface area (Å²) in [5.41, 5.74) is 3.46. The number of benzene rings is 2. The Morgan fingerprint density at radius 2 is 1.75 bits per heavy atom. The molecule has 2 fully saturated rings. The van der Waals surface area contributed by atoms with Crippen LogP contribution in [0.5, 0.6) is 0 Å². The number of hydrogen-bond acceptors (Lipinski definition) is 4. The van der Waals surface area contributed by atoms with Crippen LogP contribution in [0.2, 0.25) is 0 Å². The van der Waals surface area contributed by atoms with E-state index in [0.29, 0.717) is 12.8 Å². The van der Waals surface area contributed by atoms with E-state index in [9.17, 15) is 14.4 Å². The number of imide groups is 1. The van der Waals surface area contributed by atoms with E-state index in [1.807, 2.05) is 70.2 Å². The summed E-state index contributed by atoms with van der Waals surface area (Å²) in [7, 11) is 0. The average molecular weight is 432 g/mol. The summed E-state index contributed by atoms with van der Waals surface area (Å²) in [5, 5.41) is 6.57. The van der Waals surface area contributed by atoms with Crippen molar-refractivity contribution in [2.45, 2.75) is 58.2 Å². The van der Waals surface area contributed by atoms with E-state index in [4.69, 9.17) is 0 Å². The molecule has 2 N–H and O–H groups in total. The van der Waals surface area contributed by atoms with Gasteiger partial charge in [-0.05, 0) is 50.3 Å². The molecular formula is C26H29N3O3. The van der Waals surface area contributed by atoms with Gasteiger partial charge in [-0.1, -0.05) is 49.4 Å². The van der Waals surface area contributed by atoms with Crippen molar-refractivity contribution in [1.82, 2.24) is 10.2 Å². The first-order valence-corrected chi connectivity index (χ1v) is 11.4. The fraction of sp³-hybridized carbons (Fsp3) is 0.423. The Kier molecular flexibility index (Phi) is 4.75. The highest BCUT2D eigenvalue weighted by atomic mass is 16.2. The lowest BCUT2D eigenvalue weighted by Crippen LogP contribution is -2.54. The molecule has 5 atom stereocenters. The third kappa shape index (κ3) is 2.65. The second kappa shape index (κ2) is 7.27. The second-order valence-electron chi connectivity index (χ2n) is 9.44. The minimum Gasteiger partial charge on any atom is -0.324 e. The fourth-order valence-electron chi connectivity index (χ4n) is 5.80. The van der Waals surface area contributed by atoms with E-state index in [0.717, 1.165) is 27.9 Å². The van der Waals surface area contributed by atoms with Crippen LogP contribution in [0, 0.1) is 25.7 Å². The molecule has 3 amide bonds. The number of amides is 3. The first-order valence-electron chi connectivity index (χ1n) is 11.4. The summed E-state index contributed by atoms with van der Waals surface area (Å²) in [4.78, 5) is 42.4. The van der Waals surface area contributed by atoms with E-state index in [-0.39, 0.29) is 29.8 Å². The zero-order valence-electron chi connectivity index (χ0n) is 18.9. The number of aryl methyl sites for hydroxylation is 1. The Hall–Kier alpha value is -2.99. The zero-order chi connectivity index (χ0) is 22.8. The van der Waals surface area contributed by atoms with Gasteiger partial charge in [0.15, 0.2) is 0 Å². The molecule has 0 bridgehead atoms. The molecule has 6 nitrogen and oxygen atoms in total. The van der Waals surface area contributed by atoms with Gasteiger partial charge in [-0.25, -0.2) is 0 Å². The number of carbonyl (C=O) groups excluding carboxylic acids is 3. The lowest BCUT2D eigenvalue weighted by atomic mass is 9.75. The minimum absolute atomic E-state index is 0.162. The van der Waals surface area contributed by atoms with Gasteiger partial charge in [-0.15, -0.1) is 0 Å². The monoisotopic (exact) mass is 431 g/mol. The fourth-order valence-corrected chi connectivity index (χ4v) is 5.80. The molecule has 3 aliphatic heterocycles. The van der Waals surface area contributed by atoms with Crippen LogP contribution < -0.4 is 10.6 Å². The number of nitrogens with zero attached hydrogens (tertiary/aromatic N) is 1. The van der Waals surface area contributed by atoms with E-state index in [1.165, 1.54) is 4.90 Å². The largest absolute Gasteiger partial charge is 0.324 e. The maximum absolute atomic E-state index is 13.7. The number of anilines is 1. The van der Waals surface area contributed by atoms with Crippen molar-refractivity contribution < 1.29 is 14.4 Å². The summed E-state index contributed by atoms with van der Waals surface area (Å²) >= 11 is 0. The van der Waals surface area contributed by atoms with Crippen molar-refractivity contribution in [1.29, 1.82) is 0 Å². The van der Waals surface area contributed by atoms with Crippen LogP contribution in [0.15, 0.2) is 42.5 Å². The van der Waals surface area contributed by atoms with E-state index < -0.39 is 17.4 Å². The summed E-state index contributed by atoms with van der Waals surface area (Å²) in [6.45, 7) is 7.86. The van der Waals surface area contributed by atoms with Gasteiger partial charge in [0.05, 0.1) is 11.8 Å². The predicted octanol–water partition coefficient (Wildman–Crippen LogP) is 3.07. The van der Waals surface area contributed by atoms with Gasteiger partial charge < -0.3 is 5.32 Å². The standard InChI is InChI=1S/C26H29N3O3/c1-5-15(3)29-23(30)20-19(13-17-9-7-6-8-10-17)28-26(21(20)24(29)31)18-12-11-14(2)16(4)22(18)27-25(26)32/h6-12,15,19-21,28H,5,13H2,1-4H3,(H,27,32). The first kappa shape index (κ1) is 20.9. The molecule has 3 aliphatic rings. The van der Waals surface area contributed by atoms with Crippen molar-refractivity contribution >= 4 is 23.4 Å². The van der Waals surface area contributed by atoms with Crippen molar-refractivity contribution in [2.75, 3.05) is 5.32 Å². The molecule has 0 saturated carbocycles. The highest BCUT2D eigenvalue weighted by molar-refractivity contribution is 6.15. The molecule has 5 unspecified atom stereocenters. The number of nitrogens with one attached hydrogen (secondary N) is 2. The van der Waals surface area contributed by atoms with E-state index >= 15 is 0 Å². The van der Waals surface area contributed by atoms with Crippen LogP contribution in [0.25, 0.3) is 0 Å². The number of rotatable bonds is 4. The van der Waals surface area contributed by atoms with Gasteiger partial charge in [0.1, 0.15) is 5.54 Å². The molecule has 5 rings (SSSR count). The Morgan fingerprint density at radius 1 is 1.03 bits per heavy atom. The highest BCUT2D eigenvalue weighted by Gasteiger charge is 2.70. The number of carbonyl (C=O) groups is 3. The molecule has 3 heterocycles. The van der Waals surface area contributed by atoms with Gasteiger partial charge in [0.25, 0.3) is 0 Å². The quantitative estimate of drug-likeness (QED) is 0.730. The highest BCUT2D eigenvalue weighted by Crippen LogP contribution is 2.54. The third-order valence-electron chi connectivity index (χ3n) is 7.79. The maximum atomic E-state index is 13.7. The Bertz CT molecular complexity index is 1130. The van der Waals surface area contributed by atoms with Crippen molar-refractivity contribution in [2.24, 2.45) is 11.8 Å². The van der Waals surface area contributed by atoms with Gasteiger partial charge >= 0.3 is 0 Å². The molecule has 0 aliphatic carbocycles. The molecule has 2 saturated heterocycles. The smallest absolute Gasteiger partial charge is 0.250 e. The van der Waals surface area contributed by atoms with Crippen molar-refractivity contribution in [3.63, 3.8) is 0 Å². The van der Waals surface area contributed by atoms with Gasteiger partial charge in [0, 0.05) is 23.3 Å². The number of hydrogen-bond donors (Lipinski definition) is 2. The molecule has 2 aromatic rings. The lowest BCUT2D eigenvalue weighted by molar-refractivity contribution is -0.145. The lowest BCUT2D eigenvalue weighted by Gasteiger charge is -2.31. The molecule has 2 aromatic carbocycles. The predicted molar refractivity (Wildman–Crippen MR) is 122 cm³/mol. The van der Waals surface area contributed by atoms with E-state index in [1.54, 1.807) is 0 Å². The summed E-state index contributed by atoms with van der Waals surface area (Å²) in [6.07, 6.45) is 1.26. The van der Waals surface area contributed by atoms with Crippen LogP contribution in [0.4, 0.5) is 5.69 Å². The first-order chi connectivity index (χ1) is 15.3. The Morgan fingerprint density at radius 3 is 2.44 bits per heavy atom. The second-order valence-corrected chi connectivity index (χ2v) is 9.44. The third-order valence-corrected chi connectivity index (χ3v) is 7.79. The van der Waals surface area contributed by atoms with Gasteiger partial charge in [-0.2, -0.15) is 0 Å². The maximum Gasteiger partial charge on any atom is 0.250 e. The van der Waals surface area contributed by atoms with Crippen LogP contribution in [0.1, 0.15) is 42.5 Å². The molecule has 32 heavy (non-hydrogen) atoms. The normalized spacial score (nSPS) is 29.4. The van der Waals surface area contributed by atoms with Crippen molar-refractivity contribution in [3.05, 3.63) is 64.7 Å². The Labute approximate surface area is 188 Å². The minimum atomic E-state index is -1.23. The molecule has 1 spiro atoms. The molecule has 6 heteroatoms. The van der Waals surface area contributed by atoms with Crippen LogP contribution in [-0.4, -0.2) is 34.7 Å². The summed E-state index contributed by atoms with van der Waals surface area (Å²) in [6, 6.07) is 13.3. The SMILES string of the molecule is CCC(C)N1C(=O)C2C(Cc3ccccc3)NC3(C(=O)Nc4c3ccc(C)c4C)C2C1=O. The number of fused-ring (bicyclic) bond motifs is 4. The molecule has 166 valence electrons. The van der Waals surface area contributed by atoms with Crippen LogP contribution >= 0.6 is 0 Å². The molecular weight excluding hydrogens is 402 g/mol. The average Bonchev–Trinajstić information content (AvgIpc) is 3.36. The summed E-state index contributed by atoms with van der Waals surface area (Å²) < 4.78 is 0. The zero-order valence-corrected chi connectivity index (χ0v) is 18.9. The van der Waals surface area contributed by atoms with Gasteiger partial charge in [0.2, 0.25) is 17.7 Å². The Balaban J connectivity index is 1.67. The van der Waals surface area contributed by atoms with Crippen LogP contribution in [-0.2, 0) is 26.3 Å². The summed E-state index contributed by atoms with van der Waals surface area (Å²) in [5.74, 6) is -1.96. The van der Waals surface area contributed by atoms with E-state index in [2.05, 4.69) is 10.6 Å². The van der Waals surface area contributed by atoms with Crippen molar-refractivity contribution in [3.8, 4) is 0 Å². The number of likely N-dealkylation sites (tertiary alicyclic amines) is 1. The molecule has 0 aromatic heterocycles. The topological polar surface area (TPSA) is 78.5 Å². The van der Waals surface area contributed by atoms with Gasteiger partial charge in [-0.3, -0.25) is 24.6 Å². The molecule has 0 radical (unpaired) electrons. The van der Waals surface area contributed by atoms with Crippen LogP contribution in [0.3, 0.4) is 0 Å².